The highest BCUT2D eigenvalue weighted by atomic mass is 16.5. The van der Waals surface area contributed by atoms with Crippen LogP contribution < -0.4 is 5.32 Å². The lowest BCUT2D eigenvalue weighted by atomic mass is 9.86. The lowest BCUT2D eigenvalue weighted by molar-refractivity contribution is -0.146. The number of hydrogen-bond donors (Lipinski definition) is 1. The predicted octanol–water partition coefficient (Wildman–Crippen LogP) is 4.26. The van der Waals surface area contributed by atoms with Crippen LogP contribution in [0.4, 0.5) is 4.79 Å². The van der Waals surface area contributed by atoms with E-state index in [0.717, 1.165) is 25.7 Å². The molecule has 0 unspecified atom stereocenters. The van der Waals surface area contributed by atoms with Gasteiger partial charge in [-0.3, -0.25) is 4.79 Å². The van der Waals surface area contributed by atoms with Gasteiger partial charge in [-0.25, -0.2) is 4.79 Å². The van der Waals surface area contributed by atoms with Crippen molar-refractivity contribution in [3.8, 4) is 11.1 Å². The Bertz CT molecular complexity index is 825. The lowest BCUT2D eigenvalue weighted by Crippen LogP contribution is -2.39. The number of carbonyl (C=O) groups excluding carboxylic acids is 2. The van der Waals surface area contributed by atoms with Crippen molar-refractivity contribution in [3.63, 3.8) is 0 Å². The van der Waals surface area contributed by atoms with Gasteiger partial charge in [-0.15, -0.1) is 0 Å². The number of amides is 1. The quantitative estimate of drug-likeness (QED) is 0.807. The highest BCUT2D eigenvalue weighted by molar-refractivity contribution is 5.79. The number of benzene rings is 2. The molecule has 0 aliphatic heterocycles. The summed E-state index contributed by atoms with van der Waals surface area (Å²) in [6, 6.07) is 16.6. The SMILES string of the molecule is COC(=O)C1CCC(NC(=O)OCC2c3ccccc3-c3ccccc32)CC1. The highest BCUT2D eigenvalue weighted by Crippen LogP contribution is 2.44. The molecule has 0 aromatic heterocycles. The van der Waals surface area contributed by atoms with E-state index in [-0.39, 0.29) is 29.9 Å². The van der Waals surface area contributed by atoms with Gasteiger partial charge in [-0.2, -0.15) is 0 Å². The Hall–Kier alpha value is -2.82. The van der Waals surface area contributed by atoms with Crippen molar-refractivity contribution in [2.24, 2.45) is 5.92 Å². The fourth-order valence-corrected chi connectivity index (χ4v) is 4.45. The molecular weight excluding hydrogens is 354 g/mol. The molecule has 0 bridgehead atoms. The third kappa shape index (κ3) is 3.61. The molecule has 0 saturated heterocycles. The van der Waals surface area contributed by atoms with E-state index in [1.165, 1.54) is 29.4 Å². The topological polar surface area (TPSA) is 64.6 Å². The molecule has 1 fully saturated rings. The molecule has 1 saturated carbocycles. The standard InChI is InChI=1S/C23H25NO4/c1-27-22(25)15-10-12-16(13-11-15)24-23(26)28-14-21-19-8-4-2-6-17(19)18-7-3-5-9-20(18)21/h2-9,15-16,21H,10-14H2,1H3,(H,24,26). The van der Waals surface area contributed by atoms with Crippen LogP contribution in [0.5, 0.6) is 0 Å². The Labute approximate surface area is 165 Å². The molecule has 4 rings (SSSR count). The van der Waals surface area contributed by atoms with Crippen LogP contribution >= 0.6 is 0 Å². The summed E-state index contributed by atoms with van der Waals surface area (Å²) in [4.78, 5) is 24.0. The smallest absolute Gasteiger partial charge is 0.407 e. The number of ether oxygens (including phenoxy) is 2. The van der Waals surface area contributed by atoms with E-state index >= 15 is 0 Å². The van der Waals surface area contributed by atoms with E-state index in [4.69, 9.17) is 9.47 Å². The minimum Gasteiger partial charge on any atom is -0.469 e. The minimum absolute atomic E-state index is 0.0504. The molecule has 28 heavy (non-hydrogen) atoms. The van der Waals surface area contributed by atoms with Crippen molar-refractivity contribution in [1.82, 2.24) is 5.32 Å². The van der Waals surface area contributed by atoms with E-state index < -0.39 is 0 Å². The maximum absolute atomic E-state index is 12.3. The number of fused-ring (bicyclic) bond motifs is 3. The van der Waals surface area contributed by atoms with Gasteiger partial charge in [0.05, 0.1) is 13.0 Å². The van der Waals surface area contributed by atoms with Gasteiger partial charge in [0.1, 0.15) is 6.61 Å². The van der Waals surface area contributed by atoms with Crippen molar-refractivity contribution < 1.29 is 19.1 Å². The number of alkyl carbamates (subject to hydrolysis) is 1. The second-order valence-electron chi connectivity index (χ2n) is 7.54. The Balaban J connectivity index is 1.34. The van der Waals surface area contributed by atoms with Crippen molar-refractivity contribution in [2.75, 3.05) is 13.7 Å². The number of methoxy groups -OCH3 is 1. The lowest BCUT2D eigenvalue weighted by Gasteiger charge is -2.27. The van der Waals surface area contributed by atoms with Crippen LogP contribution in [-0.2, 0) is 14.3 Å². The molecule has 1 N–H and O–H groups in total. The molecular formula is C23H25NO4. The first-order valence-electron chi connectivity index (χ1n) is 9.86. The van der Waals surface area contributed by atoms with E-state index in [2.05, 4.69) is 29.6 Å². The Kier molecular flexibility index (Phi) is 5.33. The molecule has 2 aliphatic carbocycles. The predicted molar refractivity (Wildman–Crippen MR) is 106 cm³/mol. The van der Waals surface area contributed by atoms with Gasteiger partial charge >= 0.3 is 12.1 Å². The fraction of sp³-hybridized carbons (Fsp3) is 0.391. The van der Waals surface area contributed by atoms with Crippen LogP contribution in [0, 0.1) is 5.92 Å². The van der Waals surface area contributed by atoms with Crippen LogP contribution in [0.15, 0.2) is 48.5 Å². The van der Waals surface area contributed by atoms with Crippen LogP contribution in [0.25, 0.3) is 11.1 Å². The molecule has 2 aliphatic rings. The third-order valence-corrected chi connectivity index (χ3v) is 5.93. The van der Waals surface area contributed by atoms with Gasteiger partial charge < -0.3 is 14.8 Å². The molecule has 0 heterocycles. The molecule has 0 radical (unpaired) electrons. The molecule has 2 aromatic rings. The summed E-state index contributed by atoms with van der Waals surface area (Å²) in [5.41, 5.74) is 4.84. The van der Waals surface area contributed by atoms with E-state index in [9.17, 15) is 9.59 Å². The normalized spacial score (nSPS) is 20.8. The van der Waals surface area contributed by atoms with Gasteiger partial charge in [0.25, 0.3) is 0 Å². The summed E-state index contributed by atoms with van der Waals surface area (Å²) in [6.07, 6.45) is 2.62. The second kappa shape index (κ2) is 8.05. The second-order valence-corrected chi connectivity index (χ2v) is 7.54. The van der Waals surface area contributed by atoms with Crippen molar-refractivity contribution >= 4 is 12.1 Å². The largest absolute Gasteiger partial charge is 0.469 e. The van der Waals surface area contributed by atoms with Crippen LogP contribution in [0.2, 0.25) is 0 Å². The summed E-state index contributed by atoms with van der Waals surface area (Å²) in [5, 5.41) is 2.95. The van der Waals surface area contributed by atoms with Gasteiger partial charge in [0.2, 0.25) is 0 Å². The first-order valence-corrected chi connectivity index (χ1v) is 9.86. The van der Waals surface area contributed by atoms with Crippen molar-refractivity contribution in [3.05, 3.63) is 59.7 Å². The van der Waals surface area contributed by atoms with E-state index in [0.29, 0.717) is 6.61 Å². The monoisotopic (exact) mass is 379 g/mol. The summed E-state index contributed by atoms with van der Waals surface area (Å²) < 4.78 is 10.4. The Morgan fingerprint density at radius 1 is 0.929 bits per heavy atom. The van der Waals surface area contributed by atoms with Crippen molar-refractivity contribution in [1.29, 1.82) is 0 Å². The van der Waals surface area contributed by atoms with Crippen LogP contribution in [-0.4, -0.2) is 31.8 Å². The average Bonchev–Trinajstić information content (AvgIpc) is 3.06. The number of carbonyl (C=O) groups is 2. The maximum Gasteiger partial charge on any atom is 0.407 e. The van der Waals surface area contributed by atoms with E-state index in [1.807, 2.05) is 24.3 Å². The molecule has 0 atom stereocenters. The van der Waals surface area contributed by atoms with Gasteiger partial charge in [-0.05, 0) is 47.9 Å². The molecule has 0 spiro atoms. The maximum atomic E-state index is 12.3. The average molecular weight is 379 g/mol. The summed E-state index contributed by atoms with van der Waals surface area (Å²) in [5.74, 6) is -0.140. The first kappa shape index (κ1) is 18.5. The number of hydrogen-bond acceptors (Lipinski definition) is 4. The molecule has 5 heteroatoms. The van der Waals surface area contributed by atoms with Gasteiger partial charge in [-0.1, -0.05) is 48.5 Å². The van der Waals surface area contributed by atoms with Crippen molar-refractivity contribution in [2.45, 2.75) is 37.6 Å². The zero-order valence-electron chi connectivity index (χ0n) is 16.0. The Morgan fingerprint density at radius 3 is 2.07 bits per heavy atom. The number of nitrogens with one attached hydrogen (secondary N) is 1. The summed E-state index contributed by atoms with van der Waals surface area (Å²) in [7, 11) is 1.42. The third-order valence-electron chi connectivity index (χ3n) is 5.93. The number of esters is 1. The van der Waals surface area contributed by atoms with Gasteiger partial charge in [0.15, 0.2) is 0 Å². The zero-order chi connectivity index (χ0) is 19.5. The Morgan fingerprint density at radius 2 is 1.50 bits per heavy atom. The summed E-state index contributed by atoms with van der Waals surface area (Å²) >= 11 is 0. The molecule has 1 amide bonds. The van der Waals surface area contributed by atoms with Crippen LogP contribution in [0.1, 0.15) is 42.7 Å². The summed E-state index contributed by atoms with van der Waals surface area (Å²) in [6.45, 7) is 0.317. The fourth-order valence-electron chi connectivity index (χ4n) is 4.45. The van der Waals surface area contributed by atoms with Gasteiger partial charge in [0, 0.05) is 12.0 Å². The molecule has 146 valence electrons. The van der Waals surface area contributed by atoms with E-state index in [1.54, 1.807) is 0 Å². The molecule has 5 nitrogen and oxygen atoms in total. The highest BCUT2D eigenvalue weighted by Gasteiger charge is 2.30. The zero-order valence-corrected chi connectivity index (χ0v) is 16.0. The van der Waals surface area contributed by atoms with Crippen LogP contribution in [0.3, 0.4) is 0 Å². The molecule has 2 aromatic carbocycles. The number of rotatable bonds is 4. The minimum atomic E-state index is -0.386. The first-order chi connectivity index (χ1) is 13.7.